The van der Waals surface area contributed by atoms with Gasteiger partial charge in [-0.25, -0.2) is 0 Å². The van der Waals surface area contributed by atoms with Crippen molar-refractivity contribution in [1.82, 2.24) is 4.90 Å². The van der Waals surface area contributed by atoms with Crippen LogP contribution >= 0.6 is 15.9 Å². The van der Waals surface area contributed by atoms with Crippen LogP contribution in [0.25, 0.3) is 0 Å². The fraction of sp³-hybridized carbons (Fsp3) is 0.500. The van der Waals surface area contributed by atoms with E-state index in [0.717, 1.165) is 31.0 Å². The molecule has 0 bridgehead atoms. The molecule has 1 aromatic carbocycles. The molecular formula is C14H18BrNO3. The summed E-state index contributed by atoms with van der Waals surface area (Å²) in [6.45, 7) is 2.13. The molecule has 5 heteroatoms. The van der Waals surface area contributed by atoms with Crippen LogP contribution in [0.3, 0.4) is 0 Å². The average Bonchev–Trinajstić information content (AvgIpc) is 2.73. The van der Waals surface area contributed by atoms with Crippen molar-refractivity contribution in [2.45, 2.75) is 17.7 Å². The Balaban J connectivity index is 1.73. The minimum absolute atomic E-state index is 0.221. The van der Waals surface area contributed by atoms with Crippen molar-refractivity contribution in [3.8, 4) is 11.5 Å². The number of benzene rings is 1. The van der Waals surface area contributed by atoms with E-state index in [-0.39, 0.29) is 5.91 Å². The Kier molecular flexibility index (Phi) is 5.07. The topological polar surface area (TPSA) is 38.8 Å². The molecule has 0 saturated carbocycles. The number of likely N-dealkylation sites (tertiary alicyclic amines) is 1. The van der Waals surface area contributed by atoms with Gasteiger partial charge in [-0.05, 0) is 18.6 Å². The van der Waals surface area contributed by atoms with Gasteiger partial charge in [0.05, 0.1) is 13.7 Å². The van der Waals surface area contributed by atoms with E-state index in [1.54, 1.807) is 7.11 Å². The van der Waals surface area contributed by atoms with Gasteiger partial charge < -0.3 is 14.4 Å². The molecule has 19 heavy (non-hydrogen) atoms. The summed E-state index contributed by atoms with van der Waals surface area (Å²) < 4.78 is 10.9. The van der Waals surface area contributed by atoms with Crippen LogP contribution in [-0.4, -0.2) is 42.4 Å². The van der Waals surface area contributed by atoms with Crippen LogP contribution < -0.4 is 9.47 Å². The van der Waals surface area contributed by atoms with Gasteiger partial charge in [-0.2, -0.15) is 0 Å². The van der Waals surface area contributed by atoms with Crippen LogP contribution in [0.2, 0.25) is 0 Å². The molecular weight excluding hydrogens is 310 g/mol. The first-order valence-corrected chi connectivity index (χ1v) is 7.30. The molecule has 104 valence electrons. The zero-order chi connectivity index (χ0) is 13.7. The van der Waals surface area contributed by atoms with Crippen molar-refractivity contribution in [2.75, 3.05) is 26.8 Å². The first-order chi connectivity index (χ1) is 9.20. The van der Waals surface area contributed by atoms with E-state index in [2.05, 4.69) is 15.9 Å². The molecule has 0 spiro atoms. The smallest absolute Gasteiger partial charge is 0.223 e. The minimum Gasteiger partial charge on any atom is -0.493 e. The molecule has 1 aliphatic rings. The van der Waals surface area contributed by atoms with Crippen LogP contribution in [0.5, 0.6) is 11.5 Å². The number of hydrogen-bond donors (Lipinski definition) is 0. The first-order valence-electron chi connectivity index (χ1n) is 6.38. The highest BCUT2D eigenvalue weighted by atomic mass is 79.9. The first kappa shape index (κ1) is 14.2. The zero-order valence-corrected chi connectivity index (χ0v) is 12.6. The van der Waals surface area contributed by atoms with Crippen LogP contribution in [0.1, 0.15) is 12.8 Å². The molecule has 1 unspecified atom stereocenters. The summed E-state index contributed by atoms with van der Waals surface area (Å²) in [7, 11) is 1.63. The molecule has 0 aliphatic carbocycles. The maximum absolute atomic E-state index is 11.6. The monoisotopic (exact) mass is 327 g/mol. The number of ether oxygens (including phenoxy) is 2. The van der Waals surface area contributed by atoms with Gasteiger partial charge in [0.25, 0.3) is 0 Å². The Morgan fingerprint density at radius 1 is 1.37 bits per heavy atom. The van der Waals surface area contributed by atoms with Crippen LogP contribution in [-0.2, 0) is 4.79 Å². The number of amides is 1. The normalized spacial score (nSPS) is 18.7. The lowest BCUT2D eigenvalue weighted by molar-refractivity contribution is -0.127. The lowest BCUT2D eigenvalue weighted by Crippen LogP contribution is -2.27. The summed E-state index contributed by atoms with van der Waals surface area (Å²) in [5.74, 6) is 1.70. The Labute approximate surface area is 121 Å². The second-order valence-electron chi connectivity index (χ2n) is 4.49. The number of para-hydroxylation sites is 2. The van der Waals surface area contributed by atoms with Crippen LogP contribution in [0.4, 0.5) is 0 Å². The molecule has 0 aromatic heterocycles. The van der Waals surface area contributed by atoms with E-state index >= 15 is 0 Å². The Hall–Kier alpha value is -1.23. The van der Waals surface area contributed by atoms with Crippen molar-refractivity contribution < 1.29 is 14.3 Å². The van der Waals surface area contributed by atoms with Crippen molar-refractivity contribution in [3.63, 3.8) is 0 Å². The third kappa shape index (κ3) is 3.86. The van der Waals surface area contributed by atoms with Gasteiger partial charge in [-0.3, -0.25) is 4.79 Å². The van der Waals surface area contributed by atoms with Gasteiger partial charge in [-0.15, -0.1) is 0 Å². The molecule has 1 aliphatic heterocycles. The molecule has 4 nitrogen and oxygen atoms in total. The molecule has 1 fully saturated rings. The number of hydrogen-bond acceptors (Lipinski definition) is 3. The minimum atomic E-state index is 0.221. The van der Waals surface area contributed by atoms with Crippen LogP contribution in [0.15, 0.2) is 24.3 Å². The second kappa shape index (κ2) is 6.80. The number of methoxy groups -OCH3 is 1. The van der Waals surface area contributed by atoms with E-state index in [1.165, 1.54) is 0 Å². The molecule has 1 aromatic rings. The number of nitrogens with zero attached hydrogens (tertiary/aromatic N) is 1. The predicted octanol–water partition coefficient (Wildman–Crippen LogP) is 2.46. The van der Waals surface area contributed by atoms with Crippen molar-refractivity contribution in [3.05, 3.63) is 24.3 Å². The second-order valence-corrected chi connectivity index (χ2v) is 5.79. The molecule has 1 heterocycles. The summed E-state index contributed by atoms with van der Waals surface area (Å²) in [6.07, 6.45) is 1.43. The zero-order valence-electron chi connectivity index (χ0n) is 11.0. The number of alkyl halides is 1. The summed E-state index contributed by atoms with van der Waals surface area (Å²) in [5.41, 5.74) is 0. The van der Waals surface area contributed by atoms with Gasteiger partial charge in [-0.1, -0.05) is 28.1 Å². The summed E-state index contributed by atoms with van der Waals surface area (Å²) >= 11 is 3.47. The van der Waals surface area contributed by atoms with Crippen molar-refractivity contribution in [1.29, 1.82) is 0 Å². The van der Waals surface area contributed by atoms with Gasteiger partial charge in [0.2, 0.25) is 5.91 Å². The number of rotatable bonds is 6. The van der Waals surface area contributed by atoms with E-state index in [9.17, 15) is 4.79 Å². The Morgan fingerprint density at radius 2 is 2.11 bits per heavy atom. The lowest BCUT2D eigenvalue weighted by atomic mass is 10.3. The number of carbonyl (C=O) groups is 1. The molecule has 1 saturated heterocycles. The Morgan fingerprint density at radius 3 is 2.74 bits per heavy atom. The summed E-state index contributed by atoms with van der Waals surface area (Å²) in [6, 6.07) is 7.57. The third-order valence-corrected chi connectivity index (χ3v) is 3.68. The molecule has 1 atom stereocenters. The van der Waals surface area contributed by atoms with Gasteiger partial charge in [0.15, 0.2) is 11.5 Å². The Bertz CT molecular complexity index is 438. The largest absolute Gasteiger partial charge is 0.493 e. The fourth-order valence-corrected chi connectivity index (χ4v) is 2.74. The molecule has 0 radical (unpaired) electrons. The van der Waals surface area contributed by atoms with E-state index < -0.39 is 0 Å². The summed E-state index contributed by atoms with van der Waals surface area (Å²) in [4.78, 5) is 13.8. The maximum Gasteiger partial charge on any atom is 0.223 e. The molecule has 1 amide bonds. The summed E-state index contributed by atoms with van der Waals surface area (Å²) in [5, 5.41) is 0. The highest BCUT2D eigenvalue weighted by molar-refractivity contribution is 9.09. The van der Waals surface area contributed by atoms with Gasteiger partial charge >= 0.3 is 0 Å². The molecule has 2 rings (SSSR count). The van der Waals surface area contributed by atoms with Crippen LogP contribution in [0, 0.1) is 0 Å². The number of carbonyl (C=O) groups excluding carboxylic acids is 1. The number of halogens is 1. The lowest BCUT2D eigenvalue weighted by Gasteiger charge is -2.16. The SMILES string of the molecule is COc1ccccc1OCCCN1CC(Br)CC1=O. The van der Waals surface area contributed by atoms with Gasteiger partial charge in [0, 0.05) is 24.3 Å². The van der Waals surface area contributed by atoms with E-state index in [0.29, 0.717) is 17.9 Å². The highest BCUT2D eigenvalue weighted by Gasteiger charge is 2.26. The maximum atomic E-state index is 11.6. The average molecular weight is 328 g/mol. The van der Waals surface area contributed by atoms with E-state index in [4.69, 9.17) is 9.47 Å². The van der Waals surface area contributed by atoms with Crippen molar-refractivity contribution >= 4 is 21.8 Å². The standard InChI is InChI=1S/C14H18BrNO3/c1-18-12-5-2-3-6-13(12)19-8-4-7-16-10-11(15)9-14(16)17/h2-3,5-6,11H,4,7-10H2,1H3. The quantitative estimate of drug-likeness (QED) is 0.595. The predicted molar refractivity (Wildman–Crippen MR) is 77.0 cm³/mol. The highest BCUT2D eigenvalue weighted by Crippen LogP contribution is 2.26. The third-order valence-electron chi connectivity index (χ3n) is 3.07. The van der Waals surface area contributed by atoms with Crippen molar-refractivity contribution in [2.24, 2.45) is 0 Å². The fourth-order valence-electron chi connectivity index (χ4n) is 2.12. The van der Waals surface area contributed by atoms with E-state index in [1.807, 2.05) is 29.2 Å². The van der Waals surface area contributed by atoms with Gasteiger partial charge in [0.1, 0.15) is 0 Å². The molecule has 0 N–H and O–H groups in total.